The largest absolute Gasteiger partial charge is 0.493 e. The SMILES string of the molecule is COc1cc(NC(=O)c2cc(-c3ccco3)nc3onc(C)c23)c(C(=O)N2CCCC2)cc1OC. The van der Waals surface area contributed by atoms with E-state index in [9.17, 15) is 9.59 Å². The molecule has 1 aliphatic heterocycles. The minimum atomic E-state index is -0.459. The smallest absolute Gasteiger partial charge is 0.259 e. The number of pyridine rings is 1. The number of carbonyl (C=O) groups is 2. The molecule has 2 amide bonds. The van der Waals surface area contributed by atoms with Crippen LogP contribution in [0.3, 0.4) is 0 Å². The Morgan fingerprint density at radius 1 is 1.06 bits per heavy atom. The number of benzene rings is 1. The fourth-order valence-electron chi connectivity index (χ4n) is 4.26. The number of hydrogen-bond donors (Lipinski definition) is 1. The van der Waals surface area contributed by atoms with E-state index in [4.69, 9.17) is 18.4 Å². The van der Waals surface area contributed by atoms with Crippen molar-refractivity contribution in [3.63, 3.8) is 0 Å². The molecule has 1 aliphatic rings. The fraction of sp³-hybridized carbons (Fsp3) is 0.280. The zero-order chi connectivity index (χ0) is 24.5. The second-order valence-corrected chi connectivity index (χ2v) is 8.19. The van der Waals surface area contributed by atoms with Gasteiger partial charge in [-0.2, -0.15) is 0 Å². The molecule has 0 unspecified atom stereocenters. The summed E-state index contributed by atoms with van der Waals surface area (Å²) in [7, 11) is 2.99. The van der Waals surface area contributed by atoms with Crippen LogP contribution in [-0.4, -0.2) is 54.2 Å². The third kappa shape index (κ3) is 4.07. The third-order valence-electron chi connectivity index (χ3n) is 6.03. The second-order valence-electron chi connectivity index (χ2n) is 8.19. The zero-order valence-corrected chi connectivity index (χ0v) is 19.6. The number of nitrogens with one attached hydrogen (secondary N) is 1. The first-order valence-corrected chi connectivity index (χ1v) is 11.2. The van der Waals surface area contributed by atoms with Crippen LogP contribution in [0.15, 0.2) is 45.5 Å². The molecule has 0 bridgehead atoms. The summed E-state index contributed by atoms with van der Waals surface area (Å²) < 4.78 is 21.6. The van der Waals surface area contributed by atoms with Crippen LogP contribution in [0.5, 0.6) is 11.5 Å². The van der Waals surface area contributed by atoms with Gasteiger partial charge in [-0.25, -0.2) is 4.98 Å². The standard InChI is InChI=1S/C25H24N4O6/c1-14-22-16(11-18(19-7-6-10-34-19)27-24(22)35-28-14)23(30)26-17-13-21(33-3)20(32-2)12-15(17)25(31)29-8-4-5-9-29/h6-7,10-13H,4-5,8-9H2,1-3H3,(H,26,30). The van der Waals surface area contributed by atoms with Crippen molar-refractivity contribution in [2.75, 3.05) is 32.6 Å². The number of likely N-dealkylation sites (tertiary alicyclic amines) is 1. The lowest BCUT2D eigenvalue weighted by atomic mass is 10.1. The average Bonchev–Trinajstić information content (AvgIpc) is 3.65. The molecule has 10 heteroatoms. The molecule has 180 valence electrons. The Morgan fingerprint density at radius 2 is 1.80 bits per heavy atom. The molecular weight excluding hydrogens is 452 g/mol. The molecule has 4 heterocycles. The van der Waals surface area contributed by atoms with Gasteiger partial charge in [0, 0.05) is 19.2 Å². The van der Waals surface area contributed by atoms with Gasteiger partial charge in [0.1, 0.15) is 5.69 Å². The lowest BCUT2D eigenvalue weighted by Gasteiger charge is -2.20. The Hall–Kier alpha value is -4.34. The molecule has 1 aromatic carbocycles. The van der Waals surface area contributed by atoms with E-state index in [1.165, 1.54) is 20.5 Å². The predicted molar refractivity (Wildman–Crippen MR) is 127 cm³/mol. The molecule has 1 fully saturated rings. The molecule has 1 N–H and O–H groups in total. The summed E-state index contributed by atoms with van der Waals surface area (Å²) in [6.45, 7) is 3.06. The highest BCUT2D eigenvalue weighted by molar-refractivity contribution is 6.15. The summed E-state index contributed by atoms with van der Waals surface area (Å²) in [4.78, 5) is 33.1. The van der Waals surface area contributed by atoms with Crippen molar-refractivity contribution in [2.45, 2.75) is 19.8 Å². The summed E-state index contributed by atoms with van der Waals surface area (Å²) >= 11 is 0. The number of aromatic nitrogens is 2. The highest BCUT2D eigenvalue weighted by Gasteiger charge is 2.26. The van der Waals surface area contributed by atoms with E-state index >= 15 is 0 Å². The van der Waals surface area contributed by atoms with Crippen LogP contribution in [0, 0.1) is 6.92 Å². The Balaban J connectivity index is 1.59. The van der Waals surface area contributed by atoms with E-state index in [2.05, 4.69) is 15.5 Å². The number of anilines is 1. The molecule has 0 atom stereocenters. The number of methoxy groups -OCH3 is 2. The number of rotatable bonds is 6. The van der Waals surface area contributed by atoms with Crippen LogP contribution in [-0.2, 0) is 0 Å². The lowest BCUT2D eigenvalue weighted by Crippen LogP contribution is -2.29. The predicted octanol–water partition coefficient (Wildman–Crippen LogP) is 4.30. The Morgan fingerprint density at radius 3 is 2.49 bits per heavy atom. The van der Waals surface area contributed by atoms with Crippen molar-refractivity contribution in [3.05, 3.63) is 53.4 Å². The van der Waals surface area contributed by atoms with Crippen LogP contribution < -0.4 is 14.8 Å². The molecule has 0 spiro atoms. The maximum absolute atomic E-state index is 13.6. The number of hydrogen-bond acceptors (Lipinski definition) is 8. The first-order valence-electron chi connectivity index (χ1n) is 11.2. The van der Waals surface area contributed by atoms with Crippen molar-refractivity contribution in [1.82, 2.24) is 15.0 Å². The topological polar surface area (TPSA) is 120 Å². The second kappa shape index (κ2) is 9.13. The first kappa shape index (κ1) is 22.5. The van der Waals surface area contributed by atoms with Crippen LogP contribution >= 0.6 is 0 Å². The van der Waals surface area contributed by atoms with Crippen molar-refractivity contribution in [1.29, 1.82) is 0 Å². The van der Waals surface area contributed by atoms with Crippen LogP contribution in [0.2, 0.25) is 0 Å². The van der Waals surface area contributed by atoms with Crippen LogP contribution in [0.4, 0.5) is 5.69 Å². The summed E-state index contributed by atoms with van der Waals surface area (Å²) in [6.07, 6.45) is 3.41. The number of fused-ring (bicyclic) bond motifs is 1. The molecule has 10 nitrogen and oxygen atoms in total. The molecule has 5 rings (SSSR count). The maximum atomic E-state index is 13.6. The Labute approximate surface area is 200 Å². The third-order valence-corrected chi connectivity index (χ3v) is 6.03. The lowest BCUT2D eigenvalue weighted by molar-refractivity contribution is 0.0793. The maximum Gasteiger partial charge on any atom is 0.259 e. The van der Waals surface area contributed by atoms with Gasteiger partial charge in [0.05, 0.1) is 48.4 Å². The molecule has 0 aliphatic carbocycles. The van der Waals surface area contributed by atoms with E-state index in [1.807, 2.05) is 0 Å². The van der Waals surface area contributed by atoms with E-state index < -0.39 is 5.91 Å². The summed E-state index contributed by atoms with van der Waals surface area (Å²) in [6, 6.07) is 8.26. The minimum absolute atomic E-state index is 0.184. The summed E-state index contributed by atoms with van der Waals surface area (Å²) in [5, 5.41) is 7.34. The van der Waals surface area contributed by atoms with Gasteiger partial charge in [-0.3, -0.25) is 9.59 Å². The zero-order valence-electron chi connectivity index (χ0n) is 19.6. The van der Waals surface area contributed by atoms with E-state index in [1.54, 1.807) is 42.2 Å². The normalized spacial score (nSPS) is 13.3. The monoisotopic (exact) mass is 476 g/mol. The van der Waals surface area contributed by atoms with Gasteiger partial charge in [-0.15, -0.1) is 0 Å². The van der Waals surface area contributed by atoms with Gasteiger partial charge < -0.3 is 28.6 Å². The van der Waals surface area contributed by atoms with Gasteiger partial charge in [0.25, 0.3) is 17.5 Å². The first-order chi connectivity index (χ1) is 17.0. The summed E-state index contributed by atoms with van der Waals surface area (Å²) in [5.74, 6) is 0.619. The molecular formula is C25H24N4O6. The van der Waals surface area contributed by atoms with Crippen molar-refractivity contribution < 1.29 is 28.0 Å². The minimum Gasteiger partial charge on any atom is -0.493 e. The van der Waals surface area contributed by atoms with Crippen molar-refractivity contribution >= 4 is 28.6 Å². The average molecular weight is 476 g/mol. The highest BCUT2D eigenvalue weighted by atomic mass is 16.5. The molecule has 4 aromatic rings. The molecule has 0 saturated carbocycles. The molecule has 35 heavy (non-hydrogen) atoms. The summed E-state index contributed by atoms with van der Waals surface area (Å²) in [5.41, 5.74) is 2.06. The quantitative estimate of drug-likeness (QED) is 0.437. The number of carbonyl (C=O) groups excluding carboxylic acids is 2. The molecule has 1 saturated heterocycles. The van der Waals surface area contributed by atoms with Crippen LogP contribution in [0.25, 0.3) is 22.6 Å². The number of nitrogens with zero attached hydrogens (tertiary/aromatic N) is 3. The van der Waals surface area contributed by atoms with Crippen molar-refractivity contribution in [2.24, 2.45) is 0 Å². The number of aryl methyl sites for hydroxylation is 1. The highest BCUT2D eigenvalue weighted by Crippen LogP contribution is 2.35. The van der Waals surface area contributed by atoms with E-state index in [-0.39, 0.29) is 17.2 Å². The van der Waals surface area contributed by atoms with E-state index in [0.717, 1.165) is 12.8 Å². The Bertz CT molecular complexity index is 1400. The number of amides is 2. The number of ether oxygens (including phenoxy) is 2. The van der Waals surface area contributed by atoms with Crippen molar-refractivity contribution in [3.8, 4) is 23.0 Å². The Kier molecular flexibility index (Phi) is 5.86. The van der Waals surface area contributed by atoms with E-state index in [0.29, 0.717) is 58.4 Å². The molecule has 3 aromatic heterocycles. The molecule has 0 radical (unpaired) electrons. The van der Waals surface area contributed by atoms with Gasteiger partial charge in [-0.05, 0) is 44.0 Å². The van der Waals surface area contributed by atoms with Crippen LogP contribution in [0.1, 0.15) is 39.3 Å². The fourth-order valence-corrected chi connectivity index (χ4v) is 4.26. The van der Waals surface area contributed by atoms with Gasteiger partial charge >= 0.3 is 0 Å². The van der Waals surface area contributed by atoms with Gasteiger partial charge in [0.15, 0.2) is 17.3 Å². The van der Waals surface area contributed by atoms with Gasteiger partial charge in [-0.1, -0.05) is 5.16 Å². The van der Waals surface area contributed by atoms with Gasteiger partial charge in [0.2, 0.25) is 0 Å². The number of furan rings is 1.